The number of allylic oxidation sites excluding steroid dienone is 2. The average Bonchev–Trinajstić information content (AvgIpc) is 3.33. The molecule has 9 heteroatoms. The molecule has 1 aliphatic rings. The summed E-state index contributed by atoms with van der Waals surface area (Å²) >= 11 is 1.43. The van der Waals surface area contributed by atoms with Crippen LogP contribution in [0.5, 0.6) is 0 Å². The molecule has 4 aromatic heterocycles. The maximum absolute atomic E-state index is 12.9. The molecule has 5 rings (SSSR count). The molecule has 166 valence electrons. The van der Waals surface area contributed by atoms with Crippen molar-refractivity contribution in [2.24, 2.45) is 4.99 Å². The summed E-state index contributed by atoms with van der Waals surface area (Å²) in [5.74, 6) is 0.631. The maximum atomic E-state index is 12.9. The van der Waals surface area contributed by atoms with E-state index in [2.05, 4.69) is 36.1 Å². The van der Waals surface area contributed by atoms with Crippen LogP contribution in [0.2, 0.25) is 0 Å². The maximum Gasteiger partial charge on any atom is 0.268 e. The van der Waals surface area contributed by atoms with Crippen LogP contribution in [-0.4, -0.2) is 49.4 Å². The van der Waals surface area contributed by atoms with Gasteiger partial charge in [-0.2, -0.15) is 5.10 Å². The van der Waals surface area contributed by atoms with Crippen molar-refractivity contribution in [3.63, 3.8) is 0 Å². The number of aryl methyl sites for hydroxylation is 1. The lowest BCUT2D eigenvalue weighted by atomic mass is 10.2. The van der Waals surface area contributed by atoms with Crippen LogP contribution in [0.4, 0.5) is 0 Å². The van der Waals surface area contributed by atoms with E-state index in [0.717, 1.165) is 27.3 Å². The Balaban J connectivity index is 1.45. The zero-order valence-electron chi connectivity index (χ0n) is 18.2. The normalized spacial score (nSPS) is 13.6. The summed E-state index contributed by atoms with van der Waals surface area (Å²) in [6.45, 7) is 4.49. The van der Waals surface area contributed by atoms with Gasteiger partial charge in [0, 0.05) is 47.8 Å². The minimum absolute atomic E-state index is 0.119. The number of pyridine rings is 1. The Morgan fingerprint density at radius 3 is 2.97 bits per heavy atom. The number of nitrogens with zero attached hydrogens (tertiary/aromatic N) is 5. The van der Waals surface area contributed by atoms with Crippen molar-refractivity contribution in [3.05, 3.63) is 88.0 Å². The van der Waals surface area contributed by atoms with Crippen molar-refractivity contribution in [2.45, 2.75) is 20.0 Å². The van der Waals surface area contributed by atoms with Crippen molar-refractivity contribution >= 4 is 27.8 Å². The Morgan fingerprint density at radius 2 is 2.15 bits per heavy atom. The predicted molar refractivity (Wildman–Crippen MR) is 131 cm³/mol. The summed E-state index contributed by atoms with van der Waals surface area (Å²) in [6.07, 6.45) is 13.4. The Hall–Kier alpha value is -3.69. The number of nitrogens with one attached hydrogen (secondary N) is 2. The first kappa shape index (κ1) is 21.2. The zero-order chi connectivity index (χ0) is 22.6. The molecule has 4 aromatic rings. The van der Waals surface area contributed by atoms with Gasteiger partial charge >= 0.3 is 0 Å². The average molecular weight is 458 g/mol. The van der Waals surface area contributed by atoms with Gasteiger partial charge in [0.2, 0.25) is 0 Å². The summed E-state index contributed by atoms with van der Waals surface area (Å²) in [6, 6.07) is 5.94. The molecule has 0 radical (unpaired) electrons. The van der Waals surface area contributed by atoms with Gasteiger partial charge in [-0.05, 0) is 30.2 Å². The molecule has 0 atom stereocenters. The van der Waals surface area contributed by atoms with Gasteiger partial charge < -0.3 is 4.98 Å². The van der Waals surface area contributed by atoms with Crippen molar-refractivity contribution in [1.29, 1.82) is 0 Å². The lowest BCUT2D eigenvalue weighted by molar-refractivity contribution is 0.275. The first-order valence-electron chi connectivity index (χ1n) is 10.7. The van der Waals surface area contributed by atoms with Crippen LogP contribution in [-0.2, 0) is 13.1 Å². The SMILES string of the molecule is Cc1[nH]ncc1-c1cc2nc(CN(CC3=CC=CCN=C3)Cc3cccnc3)[nH]c(=O)c2s1. The number of rotatable bonds is 7. The smallest absolute Gasteiger partial charge is 0.268 e. The zero-order valence-corrected chi connectivity index (χ0v) is 19.0. The van der Waals surface area contributed by atoms with E-state index in [9.17, 15) is 4.79 Å². The molecule has 5 heterocycles. The molecule has 33 heavy (non-hydrogen) atoms. The second kappa shape index (κ2) is 9.43. The number of fused-ring (bicyclic) bond motifs is 1. The Labute approximate surface area is 194 Å². The number of hydrogen-bond donors (Lipinski definition) is 2. The van der Waals surface area contributed by atoms with Gasteiger partial charge in [-0.3, -0.25) is 24.8 Å². The van der Waals surface area contributed by atoms with Gasteiger partial charge in [0.15, 0.2) is 0 Å². The fourth-order valence-corrected chi connectivity index (χ4v) is 4.86. The van der Waals surface area contributed by atoms with Crippen LogP contribution in [0.15, 0.2) is 70.4 Å². The van der Waals surface area contributed by atoms with Gasteiger partial charge in [-0.25, -0.2) is 4.98 Å². The van der Waals surface area contributed by atoms with Gasteiger partial charge in [0.05, 0.1) is 24.8 Å². The van der Waals surface area contributed by atoms with E-state index in [1.54, 1.807) is 12.4 Å². The summed E-state index contributed by atoms with van der Waals surface area (Å²) in [4.78, 5) is 32.5. The monoisotopic (exact) mass is 457 g/mol. The number of H-pyrrole nitrogens is 2. The Kier molecular flexibility index (Phi) is 6.05. The third kappa shape index (κ3) is 4.89. The lowest BCUT2D eigenvalue weighted by Gasteiger charge is -2.22. The summed E-state index contributed by atoms with van der Waals surface area (Å²) in [5.41, 5.74) is 4.74. The molecule has 2 N–H and O–H groups in total. The van der Waals surface area contributed by atoms with E-state index in [-0.39, 0.29) is 5.56 Å². The highest BCUT2D eigenvalue weighted by atomic mass is 32.1. The molecule has 0 spiro atoms. The third-order valence-electron chi connectivity index (χ3n) is 5.35. The summed E-state index contributed by atoms with van der Waals surface area (Å²) in [5, 5.41) is 7.04. The van der Waals surface area contributed by atoms with Crippen molar-refractivity contribution in [1.82, 2.24) is 30.0 Å². The topological polar surface area (TPSA) is 103 Å². The molecular weight excluding hydrogens is 434 g/mol. The predicted octanol–water partition coefficient (Wildman–Crippen LogP) is 3.65. The van der Waals surface area contributed by atoms with Crippen molar-refractivity contribution < 1.29 is 0 Å². The molecule has 0 aromatic carbocycles. The molecule has 0 unspecified atom stereocenters. The molecule has 0 amide bonds. The number of aromatic amines is 2. The molecule has 0 aliphatic carbocycles. The highest BCUT2D eigenvalue weighted by molar-refractivity contribution is 7.22. The van der Waals surface area contributed by atoms with Gasteiger partial charge in [-0.1, -0.05) is 24.3 Å². The molecule has 0 saturated carbocycles. The number of aliphatic imine (C=N–C) groups is 1. The van der Waals surface area contributed by atoms with Crippen LogP contribution in [0.25, 0.3) is 20.7 Å². The van der Waals surface area contributed by atoms with E-state index in [4.69, 9.17) is 4.98 Å². The van der Waals surface area contributed by atoms with Crippen molar-refractivity contribution in [3.8, 4) is 10.4 Å². The second-order valence-electron chi connectivity index (χ2n) is 7.92. The van der Waals surface area contributed by atoms with Crippen molar-refractivity contribution in [2.75, 3.05) is 13.1 Å². The number of thiophene rings is 1. The van der Waals surface area contributed by atoms with E-state index in [1.807, 2.05) is 49.7 Å². The molecule has 0 fully saturated rings. The van der Waals surface area contributed by atoms with Crippen LogP contribution in [0.1, 0.15) is 17.1 Å². The molecule has 1 aliphatic heterocycles. The minimum atomic E-state index is -0.119. The van der Waals surface area contributed by atoms with Crippen LogP contribution >= 0.6 is 11.3 Å². The molecule has 0 saturated heterocycles. The van der Waals surface area contributed by atoms with E-state index in [1.165, 1.54) is 11.3 Å². The minimum Gasteiger partial charge on any atom is -0.308 e. The molecular formula is C24H23N7OS. The summed E-state index contributed by atoms with van der Waals surface area (Å²) in [7, 11) is 0. The third-order valence-corrected chi connectivity index (χ3v) is 6.51. The van der Waals surface area contributed by atoms with Gasteiger partial charge in [-0.15, -0.1) is 11.3 Å². The second-order valence-corrected chi connectivity index (χ2v) is 8.97. The first-order valence-corrected chi connectivity index (χ1v) is 11.5. The fourth-order valence-electron chi connectivity index (χ4n) is 3.80. The van der Waals surface area contributed by atoms with E-state index < -0.39 is 0 Å². The highest BCUT2D eigenvalue weighted by Gasteiger charge is 2.15. The van der Waals surface area contributed by atoms with Crippen LogP contribution in [0.3, 0.4) is 0 Å². The molecule has 8 nitrogen and oxygen atoms in total. The fraction of sp³-hybridized carbons (Fsp3) is 0.208. The summed E-state index contributed by atoms with van der Waals surface area (Å²) < 4.78 is 0.622. The highest BCUT2D eigenvalue weighted by Crippen LogP contribution is 2.32. The Bertz CT molecular complexity index is 1410. The molecule has 0 bridgehead atoms. The van der Waals surface area contributed by atoms with E-state index in [0.29, 0.717) is 42.2 Å². The quantitative estimate of drug-likeness (QED) is 0.441. The standard InChI is InChI=1S/C24H23N7OS/c1-16-19(12-27-30-16)21-9-20-23(33-21)24(32)29-22(28-20)15-31(14-18-6-4-8-26-11-18)13-17-5-2-3-7-25-10-17/h2-6,8-12H,7,13-15H2,1H3,(H,27,30)(H,28,29,32). The first-order chi connectivity index (χ1) is 16.2. The number of hydrogen-bond acceptors (Lipinski definition) is 7. The van der Waals surface area contributed by atoms with E-state index >= 15 is 0 Å². The van der Waals surface area contributed by atoms with Crippen LogP contribution < -0.4 is 5.56 Å². The number of aromatic nitrogens is 5. The lowest BCUT2D eigenvalue weighted by Crippen LogP contribution is -2.28. The largest absolute Gasteiger partial charge is 0.308 e. The van der Waals surface area contributed by atoms with Gasteiger partial charge in [0.25, 0.3) is 5.56 Å². The van der Waals surface area contributed by atoms with Gasteiger partial charge in [0.1, 0.15) is 10.5 Å². The van der Waals surface area contributed by atoms with Crippen LogP contribution in [0, 0.1) is 6.92 Å². The Morgan fingerprint density at radius 1 is 1.21 bits per heavy atom.